The summed E-state index contributed by atoms with van der Waals surface area (Å²) in [5, 5.41) is 12.0. The summed E-state index contributed by atoms with van der Waals surface area (Å²) >= 11 is 0. The van der Waals surface area contributed by atoms with Crippen molar-refractivity contribution in [2.75, 3.05) is 26.9 Å². The average Bonchev–Trinajstić information content (AvgIpc) is 2.31. The van der Waals surface area contributed by atoms with Crippen LogP contribution in [0.5, 0.6) is 0 Å². The first-order valence-electron chi connectivity index (χ1n) is 5.36. The first kappa shape index (κ1) is 13.1. The van der Waals surface area contributed by atoms with Crippen LogP contribution in [0.15, 0.2) is 24.3 Å². The summed E-state index contributed by atoms with van der Waals surface area (Å²) < 4.78 is 17.8. The molecule has 0 aliphatic carbocycles. The summed E-state index contributed by atoms with van der Waals surface area (Å²) in [4.78, 5) is 0. The first-order chi connectivity index (χ1) is 7.77. The number of rotatable bonds is 7. The van der Waals surface area contributed by atoms with E-state index in [4.69, 9.17) is 9.84 Å². The van der Waals surface area contributed by atoms with Crippen molar-refractivity contribution in [2.24, 2.45) is 0 Å². The molecule has 0 bridgehead atoms. The van der Waals surface area contributed by atoms with Gasteiger partial charge in [0.25, 0.3) is 0 Å². The van der Waals surface area contributed by atoms with Gasteiger partial charge >= 0.3 is 0 Å². The van der Waals surface area contributed by atoms with E-state index in [9.17, 15) is 4.39 Å². The number of aliphatic hydroxyl groups excluding tert-OH is 1. The van der Waals surface area contributed by atoms with Gasteiger partial charge in [-0.1, -0.05) is 12.1 Å². The molecule has 0 saturated heterocycles. The Morgan fingerprint density at radius 3 is 2.62 bits per heavy atom. The summed E-state index contributed by atoms with van der Waals surface area (Å²) in [5.41, 5.74) is 1.01. The predicted octanol–water partition coefficient (Wildman–Crippen LogP) is 1.49. The molecule has 16 heavy (non-hydrogen) atoms. The Balaban J connectivity index is 2.62. The maximum atomic E-state index is 12.8. The van der Waals surface area contributed by atoms with E-state index in [1.165, 1.54) is 12.1 Å². The molecule has 1 rings (SSSR count). The number of nitrogens with one attached hydrogen (secondary N) is 1. The van der Waals surface area contributed by atoms with Gasteiger partial charge < -0.3 is 15.2 Å². The van der Waals surface area contributed by atoms with Crippen molar-refractivity contribution in [3.63, 3.8) is 0 Å². The second-order valence-electron chi connectivity index (χ2n) is 3.56. The number of ether oxygens (including phenoxy) is 1. The Morgan fingerprint density at radius 2 is 2.06 bits per heavy atom. The maximum Gasteiger partial charge on any atom is 0.123 e. The van der Waals surface area contributed by atoms with Gasteiger partial charge in [0.05, 0.1) is 6.61 Å². The normalized spacial score (nSPS) is 12.7. The molecule has 0 aliphatic rings. The molecule has 90 valence electrons. The fourth-order valence-corrected chi connectivity index (χ4v) is 1.56. The molecule has 0 radical (unpaired) electrons. The minimum atomic E-state index is -0.239. The van der Waals surface area contributed by atoms with Crippen LogP contribution < -0.4 is 5.32 Å². The lowest BCUT2D eigenvalue weighted by molar-refractivity contribution is 0.180. The Labute approximate surface area is 95.2 Å². The minimum Gasteiger partial charge on any atom is -0.395 e. The second-order valence-corrected chi connectivity index (χ2v) is 3.56. The lowest BCUT2D eigenvalue weighted by atomic mass is 10.0. The molecule has 1 atom stereocenters. The fraction of sp³-hybridized carbons (Fsp3) is 0.500. The van der Waals surface area contributed by atoms with Crippen molar-refractivity contribution in [1.29, 1.82) is 0 Å². The third-order valence-corrected chi connectivity index (χ3v) is 2.39. The van der Waals surface area contributed by atoms with Gasteiger partial charge in [-0.25, -0.2) is 4.39 Å². The van der Waals surface area contributed by atoms with Crippen molar-refractivity contribution < 1.29 is 14.2 Å². The molecule has 0 fully saturated rings. The molecule has 3 nitrogen and oxygen atoms in total. The van der Waals surface area contributed by atoms with Gasteiger partial charge in [-0.15, -0.1) is 0 Å². The summed E-state index contributed by atoms with van der Waals surface area (Å²) in [6.07, 6.45) is 0.794. The molecular formula is C12H18FNO2. The molecule has 0 heterocycles. The standard InChI is InChI=1S/C12H18FNO2/c1-16-9-6-12(14-7-8-15)10-2-4-11(13)5-3-10/h2-5,12,14-15H,6-9H2,1H3. The number of methoxy groups -OCH3 is 1. The number of hydrogen-bond donors (Lipinski definition) is 2. The van der Waals surface area contributed by atoms with Crippen molar-refractivity contribution in [2.45, 2.75) is 12.5 Å². The highest BCUT2D eigenvalue weighted by Gasteiger charge is 2.10. The average molecular weight is 227 g/mol. The molecule has 0 aromatic heterocycles. The minimum absolute atomic E-state index is 0.0880. The summed E-state index contributed by atoms with van der Waals surface area (Å²) in [6.45, 7) is 1.23. The van der Waals surface area contributed by atoms with Crippen LogP contribution in [0.25, 0.3) is 0 Å². The molecule has 4 heteroatoms. The molecule has 0 aliphatic heterocycles. The van der Waals surface area contributed by atoms with Crippen molar-refractivity contribution in [3.8, 4) is 0 Å². The van der Waals surface area contributed by atoms with Crippen LogP contribution in [0.4, 0.5) is 4.39 Å². The summed E-state index contributed by atoms with van der Waals surface area (Å²) in [7, 11) is 1.65. The van der Waals surface area contributed by atoms with Gasteiger partial charge in [0.2, 0.25) is 0 Å². The van der Waals surface area contributed by atoms with Crippen molar-refractivity contribution in [3.05, 3.63) is 35.6 Å². The van der Waals surface area contributed by atoms with E-state index in [1.807, 2.05) is 0 Å². The first-order valence-corrected chi connectivity index (χ1v) is 5.36. The zero-order valence-electron chi connectivity index (χ0n) is 9.45. The van der Waals surface area contributed by atoms with Crippen LogP contribution in [-0.4, -0.2) is 32.0 Å². The third-order valence-electron chi connectivity index (χ3n) is 2.39. The monoisotopic (exact) mass is 227 g/mol. The number of halogens is 1. The molecule has 0 spiro atoms. The summed E-state index contributed by atoms with van der Waals surface area (Å²) in [6, 6.07) is 6.47. The Kier molecular flexibility index (Phi) is 6.00. The highest BCUT2D eigenvalue weighted by molar-refractivity contribution is 5.19. The van der Waals surface area contributed by atoms with E-state index in [0.717, 1.165) is 12.0 Å². The smallest absolute Gasteiger partial charge is 0.123 e. The highest BCUT2D eigenvalue weighted by Crippen LogP contribution is 2.17. The molecule has 0 saturated carbocycles. The Morgan fingerprint density at radius 1 is 1.38 bits per heavy atom. The van der Waals surface area contributed by atoms with Crippen molar-refractivity contribution in [1.82, 2.24) is 5.32 Å². The lowest BCUT2D eigenvalue weighted by Gasteiger charge is -2.18. The zero-order valence-corrected chi connectivity index (χ0v) is 9.45. The van der Waals surface area contributed by atoms with Crippen LogP contribution in [0.3, 0.4) is 0 Å². The highest BCUT2D eigenvalue weighted by atomic mass is 19.1. The predicted molar refractivity (Wildman–Crippen MR) is 60.7 cm³/mol. The van der Waals surface area contributed by atoms with Crippen LogP contribution in [0, 0.1) is 5.82 Å². The lowest BCUT2D eigenvalue weighted by Crippen LogP contribution is -2.25. The van der Waals surface area contributed by atoms with Gasteiger partial charge in [0.1, 0.15) is 5.82 Å². The molecular weight excluding hydrogens is 209 g/mol. The van der Waals surface area contributed by atoms with E-state index in [0.29, 0.717) is 13.2 Å². The van der Waals surface area contributed by atoms with Gasteiger partial charge in [0, 0.05) is 26.3 Å². The van der Waals surface area contributed by atoms with Crippen LogP contribution in [0.2, 0.25) is 0 Å². The van der Waals surface area contributed by atoms with Crippen molar-refractivity contribution >= 4 is 0 Å². The zero-order chi connectivity index (χ0) is 11.8. The molecule has 1 aromatic carbocycles. The molecule has 2 N–H and O–H groups in total. The van der Waals surface area contributed by atoms with E-state index in [-0.39, 0.29) is 18.5 Å². The quantitative estimate of drug-likeness (QED) is 0.741. The van der Waals surface area contributed by atoms with E-state index in [2.05, 4.69) is 5.32 Å². The second kappa shape index (κ2) is 7.33. The third kappa shape index (κ3) is 4.26. The van der Waals surface area contributed by atoms with Crippen LogP contribution in [0.1, 0.15) is 18.0 Å². The topological polar surface area (TPSA) is 41.5 Å². The molecule has 1 aromatic rings. The summed E-state index contributed by atoms with van der Waals surface area (Å²) in [5.74, 6) is -0.239. The van der Waals surface area contributed by atoms with Gasteiger partial charge in [-0.3, -0.25) is 0 Å². The van der Waals surface area contributed by atoms with Gasteiger partial charge in [0.15, 0.2) is 0 Å². The largest absolute Gasteiger partial charge is 0.395 e. The van der Waals surface area contributed by atoms with Crippen LogP contribution >= 0.6 is 0 Å². The van der Waals surface area contributed by atoms with Crippen LogP contribution in [-0.2, 0) is 4.74 Å². The van der Waals surface area contributed by atoms with E-state index >= 15 is 0 Å². The number of hydrogen-bond acceptors (Lipinski definition) is 3. The Hall–Kier alpha value is -0.970. The molecule has 0 amide bonds. The fourth-order valence-electron chi connectivity index (χ4n) is 1.56. The number of benzene rings is 1. The van der Waals surface area contributed by atoms with E-state index in [1.54, 1.807) is 19.2 Å². The number of aliphatic hydroxyl groups is 1. The SMILES string of the molecule is COCCC(NCCO)c1ccc(F)cc1. The van der Waals surface area contributed by atoms with E-state index < -0.39 is 0 Å². The Bertz CT molecular complexity index is 282. The van der Waals surface area contributed by atoms with Gasteiger partial charge in [-0.05, 0) is 24.1 Å². The molecule has 1 unspecified atom stereocenters. The maximum absolute atomic E-state index is 12.8. The van der Waals surface area contributed by atoms with Gasteiger partial charge in [-0.2, -0.15) is 0 Å².